The maximum Gasteiger partial charge on any atom is 0.187 e. The number of aliphatic hydroxyl groups excluding tert-OH is 1. The van der Waals surface area contributed by atoms with E-state index in [4.69, 9.17) is 5.11 Å². The summed E-state index contributed by atoms with van der Waals surface area (Å²) in [6.07, 6.45) is 0. The molecule has 0 aromatic rings. The quantitative estimate of drug-likeness (QED) is 0.470. The van der Waals surface area contributed by atoms with Gasteiger partial charge in [-0.2, -0.15) is 0 Å². The Hall–Kier alpha value is -1.05. The second-order valence-electron chi connectivity index (χ2n) is 2.32. The third kappa shape index (κ3) is 2.05. The molecule has 0 saturated heterocycles. The van der Waals surface area contributed by atoms with Gasteiger partial charge in [-0.05, 0) is 26.3 Å². The molecule has 0 heterocycles. The molecule has 0 fully saturated rings. The Morgan fingerprint density at radius 2 is 1.70 bits per heavy atom. The van der Waals surface area contributed by atoms with E-state index in [2.05, 4.69) is 6.58 Å². The molecule has 0 amide bonds. The lowest BCUT2D eigenvalue weighted by molar-refractivity contribution is -0.112. The smallest absolute Gasteiger partial charge is 0.187 e. The molecule has 56 valence electrons. The zero-order valence-corrected chi connectivity index (χ0v) is 6.56. The fraction of sp³-hybridized carbons (Fsp3) is 0.375. The molecule has 0 aromatic carbocycles. The van der Waals surface area contributed by atoms with E-state index >= 15 is 0 Å². The van der Waals surface area contributed by atoms with Crippen molar-refractivity contribution in [1.29, 1.82) is 0 Å². The molecule has 0 bridgehead atoms. The largest absolute Gasteiger partial charge is 0.512 e. The van der Waals surface area contributed by atoms with Crippen molar-refractivity contribution >= 4 is 5.78 Å². The predicted molar refractivity (Wildman–Crippen MR) is 40.8 cm³/mol. The van der Waals surface area contributed by atoms with Crippen molar-refractivity contribution in [2.24, 2.45) is 0 Å². The molecule has 0 unspecified atom stereocenters. The van der Waals surface area contributed by atoms with E-state index in [-0.39, 0.29) is 11.5 Å². The number of ketones is 1. The minimum absolute atomic E-state index is 0.0630. The Morgan fingerprint density at radius 1 is 1.30 bits per heavy atom. The van der Waals surface area contributed by atoms with Crippen LogP contribution in [0.2, 0.25) is 0 Å². The van der Waals surface area contributed by atoms with E-state index in [1.807, 2.05) is 0 Å². The Bertz CT molecular complexity index is 195. The first-order valence-corrected chi connectivity index (χ1v) is 3.03. The van der Waals surface area contributed by atoms with Crippen LogP contribution in [-0.4, -0.2) is 10.9 Å². The lowest BCUT2D eigenvalue weighted by Gasteiger charge is -1.99. The number of carbonyl (C=O) groups excluding carboxylic acids is 1. The van der Waals surface area contributed by atoms with Crippen molar-refractivity contribution in [3.8, 4) is 0 Å². The molecular weight excluding hydrogens is 128 g/mol. The van der Waals surface area contributed by atoms with E-state index in [1.54, 1.807) is 13.8 Å². The number of allylic oxidation sites excluding steroid dienone is 3. The maximum atomic E-state index is 11.0. The van der Waals surface area contributed by atoms with Crippen molar-refractivity contribution in [2.75, 3.05) is 0 Å². The van der Waals surface area contributed by atoms with Gasteiger partial charge in [-0.3, -0.25) is 4.79 Å². The van der Waals surface area contributed by atoms with Crippen LogP contribution in [0.25, 0.3) is 0 Å². The number of hydrogen-bond acceptors (Lipinski definition) is 2. The first-order chi connectivity index (χ1) is 4.46. The van der Waals surface area contributed by atoms with Crippen molar-refractivity contribution in [3.05, 3.63) is 23.5 Å². The minimum Gasteiger partial charge on any atom is -0.512 e. The van der Waals surface area contributed by atoms with Crippen LogP contribution in [0, 0.1) is 0 Å². The summed E-state index contributed by atoms with van der Waals surface area (Å²) >= 11 is 0. The summed E-state index contributed by atoms with van der Waals surface area (Å²) in [5.41, 5.74) is 0.818. The van der Waals surface area contributed by atoms with E-state index in [9.17, 15) is 4.79 Å². The Morgan fingerprint density at radius 3 is 1.80 bits per heavy atom. The summed E-state index contributed by atoms with van der Waals surface area (Å²) < 4.78 is 0. The zero-order chi connectivity index (χ0) is 8.31. The van der Waals surface area contributed by atoms with Crippen LogP contribution in [0.4, 0.5) is 0 Å². The Balaban J connectivity index is 4.54. The molecule has 2 nitrogen and oxygen atoms in total. The van der Waals surface area contributed by atoms with E-state index in [1.165, 1.54) is 6.92 Å². The predicted octanol–water partition coefficient (Wildman–Crippen LogP) is 1.98. The number of rotatable bonds is 2. The highest BCUT2D eigenvalue weighted by molar-refractivity contribution is 6.07. The van der Waals surface area contributed by atoms with E-state index in [0.717, 1.165) is 0 Å². The molecule has 0 aromatic heterocycles. The van der Waals surface area contributed by atoms with Crippen molar-refractivity contribution in [3.63, 3.8) is 0 Å². The molecule has 0 rings (SSSR count). The van der Waals surface area contributed by atoms with Gasteiger partial charge < -0.3 is 5.11 Å². The molecule has 0 aliphatic rings. The standard InChI is InChI=1S/C8H12O2/c1-5(2)8(10)6(3)7(4)9/h9H,1H2,2-4H3. The average molecular weight is 140 g/mol. The van der Waals surface area contributed by atoms with E-state index in [0.29, 0.717) is 11.1 Å². The minimum atomic E-state index is -0.181. The summed E-state index contributed by atoms with van der Waals surface area (Å²) in [6, 6.07) is 0. The number of Topliss-reactive ketones (excluding diaryl/α,β-unsaturated/α-hetero) is 1. The third-order valence-corrected chi connectivity index (χ3v) is 1.27. The molecule has 0 aliphatic heterocycles. The third-order valence-electron chi connectivity index (χ3n) is 1.27. The Kier molecular flexibility index (Phi) is 2.87. The van der Waals surface area contributed by atoms with Crippen LogP contribution in [0.3, 0.4) is 0 Å². The summed E-state index contributed by atoms with van der Waals surface area (Å²) in [5.74, 6) is -0.118. The monoisotopic (exact) mass is 140 g/mol. The zero-order valence-electron chi connectivity index (χ0n) is 6.56. The summed E-state index contributed by atoms with van der Waals surface area (Å²) in [4.78, 5) is 11.0. The van der Waals surface area contributed by atoms with Crippen LogP contribution in [-0.2, 0) is 4.79 Å². The summed E-state index contributed by atoms with van der Waals surface area (Å²) in [6.45, 7) is 8.14. The van der Waals surface area contributed by atoms with Gasteiger partial charge >= 0.3 is 0 Å². The lowest BCUT2D eigenvalue weighted by Crippen LogP contribution is -2.01. The van der Waals surface area contributed by atoms with Gasteiger partial charge in [0.2, 0.25) is 0 Å². The van der Waals surface area contributed by atoms with Gasteiger partial charge in [0, 0.05) is 5.57 Å². The molecule has 0 radical (unpaired) electrons. The Labute approximate surface area is 60.9 Å². The van der Waals surface area contributed by atoms with Gasteiger partial charge in [0.15, 0.2) is 5.78 Å². The molecule has 1 N–H and O–H groups in total. The van der Waals surface area contributed by atoms with Gasteiger partial charge in [-0.1, -0.05) is 6.58 Å². The normalized spacial score (nSPS) is 12.3. The number of carbonyl (C=O) groups is 1. The number of hydrogen-bond donors (Lipinski definition) is 1. The van der Waals surface area contributed by atoms with Crippen LogP contribution in [0.5, 0.6) is 0 Å². The van der Waals surface area contributed by atoms with Crippen LogP contribution in [0.1, 0.15) is 20.8 Å². The highest BCUT2D eigenvalue weighted by atomic mass is 16.3. The van der Waals surface area contributed by atoms with Gasteiger partial charge in [-0.15, -0.1) is 0 Å². The van der Waals surface area contributed by atoms with Gasteiger partial charge in [0.05, 0.1) is 5.76 Å². The molecule has 0 aliphatic carbocycles. The summed E-state index contributed by atoms with van der Waals surface area (Å²) in [5, 5.41) is 8.86. The SMILES string of the molecule is C=C(C)C(=O)C(C)=C(C)O. The molecule has 0 atom stereocenters. The summed E-state index contributed by atoms with van der Waals surface area (Å²) in [7, 11) is 0. The molecular formula is C8H12O2. The fourth-order valence-corrected chi connectivity index (χ4v) is 0.484. The second-order valence-corrected chi connectivity index (χ2v) is 2.32. The highest BCUT2D eigenvalue weighted by Crippen LogP contribution is 2.05. The van der Waals surface area contributed by atoms with Gasteiger partial charge in [0.1, 0.15) is 0 Å². The van der Waals surface area contributed by atoms with Crippen molar-refractivity contribution in [1.82, 2.24) is 0 Å². The lowest BCUT2D eigenvalue weighted by atomic mass is 10.1. The topological polar surface area (TPSA) is 37.3 Å². The molecule has 2 heteroatoms. The van der Waals surface area contributed by atoms with Crippen molar-refractivity contribution in [2.45, 2.75) is 20.8 Å². The first kappa shape index (κ1) is 8.95. The second kappa shape index (κ2) is 3.20. The molecule has 0 saturated carbocycles. The first-order valence-electron chi connectivity index (χ1n) is 3.03. The fourth-order valence-electron chi connectivity index (χ4n) is 0.484. The van der Waals surface area contributed by atoms with Crippen LogP contribution < -0.4 is 0 Å². The van der Waals surface area contributed by atoms with Crippen LogP contribution in [0.15, 0.2) is 23.5 Å². The maximum absolute atomic E-state index is 11.0. The molecule has 10 heavy (non-hydrogen) atoms. The average Bonchev–Trinajstić information content (AvgIpc) is 1.84. The van der Waals surface area contributed by atoms with Gasteiger partial charge in [-0.25, -0.2) is 0 Å². The van der Waals surface area contributed by atoms with Crippen LogP contribution >= 0.6 is 0 Å². The highest BCUT2D eigenvalue weighted by Gasteiger charge is 2.06. The van der Waals surface area contributed by atoms with Gasteiger partial charge in [0.25, 0.3) is 0 Å². The molecule has 0 spiro atoms. The van der Waals surface area contributed by atoms with Crippen molar-refractivity contribution < 1.29 is 9.90 Å². The number of aliphatic hydroxyl groups is 1. The van der Waals surface area contributed by atoms with E-state index < -0.39 is 0 Å².